The quantitative estimate of drug-likeness (QED) is 0.256. The van der Waals surface area contributed by atoms with Crippen molar-refractivity contribution >= 4 is 38.9 Å². The largest absolute Gasteiger partial charge is 0.444 e. The highest BCUT2D eigenvalue weighted by molar-refractivity contribution is 7.23. The summed E-state index contributed by atoms with van der Waals surface area (Å²) in [6.45, 7) is 8.27. The maximum atomic E-state index is 15.8. The van der Waals surface area contributed by atoms with E-state index in [9.17, 15) is 9.59 Å². The molecule has 0 atom stereocenters. The van der Waals surface area contributed by atoms with Gasteiger partial charge in [-0.05, 0) is 96.7 Å². The van der Waals surface area contributed by atoms with Crippen LogP contribution in [0, 0.1) is 5.82 Å². The van der Waals surface area contributed by atoms with E-state index in [0.29, 0.717) is 16.2 Å². The number of halogens is 2. The van der Waals surface area contributed by atoms with E-state index in [1.54, 1.807) is 51.2 Å². The first-order valence-electron chi connectivity index (χ1n) is 15.1. The maximum absolute atomic E-state index is 15.8. The van der Waals surface area contributed by atoms with E-state index >= 15 is 8.78 Å². The Kier molecular flexibility index (Phi) is 9.38. The van der Waals surface area contributed by atoms with Gasteiger partial charge in [-0.25, -0.2) is 18.6 Å². The topological polar surface area (TPSA) is 79.2 Å². The third-order valence-corrected chi connectivity index (χ3v) is 9.37. The molecule has 0 bridgehead atoms. The number of nitrogens with one attached hydrogen (secondary N) is 1. The summed E-state index contributed by atoms with van der Waals surface area (Å²) < 4.78 is 39.1. The number of rotatable bonds is 4. The second-order valence-electron chi connectivity index (χ2n) is 12.7. The SMILES string of the molecule is CC(C)(C)OC(=O)N1CCC(F)(c2ccc(-c3cn4c(n3)sc3cc(C=O)ccc34)c(F)c2)CC1.CNC1CCN(C)CC1. The van der Waals surface area contributed by atoms with E-state index in [4.69, 9.17) is 4.74 Å². The monoisotopic (exact) mass is 625 g/mol. The van der Waals surface area contributed by atoms with Crippen molar-refractivity contribution in [2.24, 2.45) is 0 Å². The molecule has 1 N–H and O–H groups in total. The van der Waals surface area contributed by atoms with Crippen LogP contribution in [-0.2, 0) is 10.4 Å². The number of thiazole rings is 1. The minimum absolute atomic E-state index is 0.0694. The average molecular weight is 626 g/mol. The van der Waals surface area contributed by atoms with Crippen molar-refractivity contribution in [2.45, 2.75) is 63.8 Å². The number of hydrogen-bond acceptors (Lipinski definition) is 7. The van der Waals surface area contributed by atoms with Gasteiger partial charge in [0.05, 0.1) is 15.9 Å². The number of benzene rings is 2. The third kappa shape index (κ3) is 7.11. The normalized spacial score (nSPS) is 17.8. The van der Waals surface area contributed by atoms with Crippen LogP contribution >= 0.6 is 11.3 Å². The predicted octanol–water partition coefficient (Wildman–Crippen LogP) is 6.66. The molecule has 8 nitrogen and oxygen atoms in total. The Morgan fingerprint density at radius 1 is 1.11 bits per heavy atom. The van der Waals surface area contributed by atoms with E-state index < -0.39 is 23.2 Å². The molecule has 236 valence electrons. The lowest BCUT2D eigenvalue weighted by molar-refractivity contribution is 0.00213. The summed E-state index contributed by atoms with van der Waals surface area (Å²) in [5.74, 6) is -0.549. The first kappa shape index (κ1) is 32.0. The number of alkyl halides is 1. The molecule has 4 heterocycles. The first-order valence-corrected chi connectivity index (χ1v) is 15.9. The number of carbonyl (C=O) groups is 2. The van der Waals surface area contributed by atoms with Crippen molar-refractivity contribution in [3.63, 3.8) is 0 Å². The standard InChI is InChI=1S/C26H25F2N3O3S.C7H16N2/c1-25(2,3)34-24(33)30-10-8-26(28,9-11-30)17-5-6-18(19(27)13-17)20-14-31-21-7-4-16(15-32)12-22(21)35-23(31)29-20;1-8-7-3-5-9(2)6-4-7/h4-7,12-15H,8-11H2,1-3H3;7-8H,3-6H2,1-2H3. The summed E-state index contributed by atoms with van der Waals surface area (Å²) in [5, 5.41) is 3.30. The molecule has 2 aromatic heterocycles. The van der Waals surface area contributed by atoms with E-state index in [2.05, 4.69) is 29.3 Å². The minimum atomic E-state index is -1.72. The van der Waals surface area contributed by atoms with E-state index in [1.807, 2.05) is 10.5 Å². The third-order valence-electron chi connectivity index (χ3n) is 8.35. The number of aromatic nitrogens is 2. The van der Waals surface area contributed by atoms with Crippen LogP contribution in [0.3, 0.4) is 0 Å². The van der Waals surface area contributed by atoms with Gasteiger partial charge >= 0.3 is 6.09 Å². The highest BCUT2D eigenvalue weighted by atomic mass is 32.1. The van der Waals surface area contributed by atoms with Gasteiger partial charge in [-0.1, -0.05) is 17.4 Å². The van der Waals surface area contributed by atoms with Crippen molar-refractivity contribution in [3.8, 4) is 11.3 Å². The minimum Gasteiger partial charge on any atom is -0.444 e. The molecule has 2 aliphatic rings. The number of aldehydes is 1. The zero-order chi connectivity index (χ0) is 31.6. The van der Waals surface area contributed by atoms with Crippen LogP contribution in [0.25, 0.3) is 26.4 Å². The molecule has 4 aromatic rings. The van der Waals surface area contributed by atoms with Crippen LogP contribution in [-0.4, -0.2) is 83.5 Å². The Hall–Kier alpha value is -3.41. The van der Waals surface area contributed by atoms with Gasteiger partial charge in [-0.2, -0.15) is 0 Å². The van der Waals surface area contributed by atoms with Gasteiger partial charge in [0.2, 0.25) is 0 Å². The van der Waals surface area contributed by atoms with Crippen LogP contribution < -0.4 is 5.32 Å². The summed E-state index contributed by atoms with van der Waals surface area (Å²) >= 11 is 1.41. The Labute approximate surface area is 261 Å². The van der Waals surface area contributed by atoms with Gasteiger partial charge in [0, 0.05) is 49.3 Å². The first-order chi connectivity index (χ1) is 20.9. The lowest BCUT2D eigenvalue weighted by atomic mass is 9.85. The molecule has 2 fully saturated rings. The average Bonchev–Trinajstić information content (AvgIpc) is 3.55. The van der Waals surface area contributed by atoms with E-state index in [0.717, 1.165) is 22.5 Å². The molecule has 2 aliphatic heterocycles. The Morgan fingerprint density at radius 2 is 1.82 bits per heavy atom. The Bertz CT molecular complexity index is 1630. The number of imidazole rings is 1. The van der Waals surface area contributed by atoms with Crippen molar-refractivity contribution in [1.29, 1.82) is 0 Å². The van der Waals surface area contributed by atoms with Gasteiger partial charge < -0.3 is 19.9 Å². The molecule has 0 spiro atoms. The van der Waals surface area contributed by atoms with Crippen molar-refractivity contribution in [2.75, 3.05) is 40.3 Å². The number of likely N-dealkylation sites (tertiary alicyclic amines) is 2. The fourth-order valence-corrected chi connectivity index (χ4v) is 6.73. The van der Waals surface area contributed by atoms with Crippen LogP contribution in [0.15, 0.2) is 42.6 Å². The van der Waals surface area contributed by atoms with Gasteiger partial charge in [0.25, 0.3) is 0 Å². The summed E-state index contributed by atoms with van der Waals surface area (Å²) in [6.07, 6.45) is 4.84. The number of piperidine rings is 2. The Morgan fingerprint density at radius 3 is 2.43 bits per heavy atom. The second kappa shape index (κ2) is 12.9. The van der Waals surface area contributed by atoms with Gasteiger partial charge in [-0.15, -0.1) is 0 Å². The highest BCUT2D eigenvalue weighted by Gasteiger charge is 2.39. The zero-order valence-electron chi connectivity index (χ0n) is 26.0. The van der Waals surface area contributed by atoms with Crippen molar-refractivity contribution < 1.29 is 23.1 Å². The van der Waals surface area contributed by atoms with Gasteiger partial charge in [0.15, 0.2) is 4.96 Å². The molecule has 0 radical (unpaired) electrons. The number of ether oxygens (including phenoxy) is 1. The lowest BCUT2D eigenvalue weighted by Gasteiger charge is -2.37. The second-order valence-corrected chi connectivity index (χ2v) is 13.7. The zero-order valence-corrected chi connectivity index (χ0v) is 26.8. The molecular formula is C33H41F2N5O3S. The van der Waals surface area contributed by atoms with E-state index in [-0.39, 0.29) is 37.1 Å². The van der Waals surface area contributed by atoms with Crippen LogP contribution in [0.2, 0.25) is 0 Å². The fourth-order valence-electron chi connectivity index (χ4n) is 5.68. The van der Waals surface area contributed by atoms with E-state index in [1.165, 1.54) is 48.2 Å². The molecule has 0 unspecified atom stereocenters. The maximum Gasteiger partial charge on any atom is 0.410 e. The molecule has 2 aromatic carbocycles. The molecule has 1 amide bonds. The Balaban J connectivity index is 0.000000367. The number of fused-ring (bicyclic) bond motifs is 3. The smallest absolute Gasteiger partial charge is 0.410 e. The van der Waals surface area contributed by atoms with Crippen molar-refractivity contribution in [1.82, 2.24) is 24.5 Å². The molecular weight excluding hydrogens is 584 g/mol. The molecule has 11 heteroatoms. The van der Waals surface area contributed by atoms with Crippen molar-refractivity contribution in [3.05, 3.63) is 59.5 Å². The molecule has 2 saturated heterocycles. The van der Waals surface area contributed by atoms with Crippen LogP contribution in [0.5, 0.6) is 0 Å². The number of carbonyl (C=O) groups excluding carboxylic acids is 2. The highest BCUT2D eigenvalue weighted by Crippen LogP contribution is 2.39. The predicted molar refractivity (Wildman–Crippen MR) is 171 cm³/mol. The van der Waals surface area contributed by atoms with Crippen LogP contribution in [0.4, 0.5) is 13.6 Å². The van der Waals surface area contributed by atoms with Gasteiger partial charge in [-0.3, -0.25) is 9.20 Å². The molecule has 6 rings (SSSR count). The summed E-state index contributed by atoms with van der Waals surface area (Å²) in [7, 11) is 4.24. The van der Waals surface area contributed by atoms with Gasteiger partial charge in [0.1, 0.15) is 23.4 Å². The molecule has 0 saturated carbocycles. The summed E-state index contributed by atoms with van der Waals surface area (Å²) in [5.41, 5.74) is 0.125. The lowest BCUT2D eigenvalue weighted by Crippen LogP contribution is -2.45. The number of hydrogen-bond donors (Lipinski definition) is 1. The molecule has 44 heavy (non-hydrogen) atoms. The fraction of sp³-hybridized carbons (Fsp3) is 0.485. The summed E-state index contributed by atoms with van der Waals surface area (Å²) in [6, 6.07) is 10.5. The molecule has 0 aliphatic carbocycles. The summed E-state index contributed by atoms with van der Waals surface area (Å²) in [4.78, 5) is 32.4. The number of amides is 1. The van der Waals surface area contributed by atoms with Crippen LogP contribution in [0.1, 0.15) is 62.4 Å². The number of nitrogens with zero attached hydrogens (tertiary/aromatic N) is 4.